The molecule has 0 bridgehead atoms. The normalized spacial score (nSPS) is 10.6. The highest BCUT2D eigenvalue weighted by molar-refractivity contribution is 6.04. The number of hydrogen-bond donors (Lipinski definition) is 1. The van der Waals surface area contributed by atoms with Gasteiger partial charge in [-0.1, -0.05) is 17.7 Å². The van der Waals surface area contributed by atoms with E-state index in [9.17, 15) is 4.79 Å². The van der Waals surface area contributed by atoms with Gasteiger partial charge in [0, 0.05) is 24.4 Å². The van der Waals surface area contributed by atoms with Crippen LogP contribution in [0.15, 0.2) is 42.9 Å². The number of pyridine rings is 1. The molecule has 3 aromatic rings. The van der Waals surface area contributed by atoms with E-state index < -0.39 is 0 Å². The monoisotopic (exact) mass is 307 g/mol. The molecule has 1 amide bonds. The summed E-state index contributed by atoms with van der Waals surface area (Å²) < 4.78 is 1.81. The predicted octanol–water partition coefficient (Wildman–Crippen LogP) is 2.75. The Bertz CT molecular complexity index is 852. The van der Waals surface area contributed by atoms with Gasteiger partial charge in [-0.15, -0.1) is 10.2 Å². The van der Waals surface area contributed by atoms with Crippen molar-refractivity contribution in [3.05, 3.63) is 59.5 Å². The SMILES string of the molecule is Cc1ccc(C(=O)Nc2ccc(-c3nncn3C)cn2)c(C)c1. The average Bonchev–Trinajstić information content (AvgIpc) is 2.94. The number of aromatic nitrogens is 4. The van der Waals surface area contributed by atoms with E-state index in [0.29, 0.717) is 11.4 Å². The Balaban J connectivity index is 1.78. The largest absolute Gasteiger partial charge is 0.317 e. The first kappa shape index (κ1) is 14.9. The summed E-state index contributed by atoms with van der Waals surface area (Å²) in [5, 5.41) is 10.7. The van der Waals surface area contributed by atoms with Gasteiger partial charge in [0.1, 0.15) is 12.1 Å². The molecule has 116 valence electrons. The number of benzene rings is 1. The highest BCUT2D eigenvalue weighted by atomic mass is 16.1. The first-order valence-electron chi connectivity index (χ1n) is 7.23. The van der Waals surface area contributed by atoms with Crippen LogP contribution in [-0.2, 0) is 7.05 Å². The Morgan fingerprint density at radius 2 is 2.00 bits per heavy atom. The van der Waals surface area contributed by atoms with Crippen molar-refractivity contribution < 1.29 is 4.79 Å². The zero-order valence-corrected chi connectivity index (χ0v) is 13.2. The molecule has 1 N–H and O–H groups in total. The molecule has 23 heavy (non-hydrogen) atoms. The van der Waals surface area contributed by atoms with Gasteiger partial charge in [0.05, 0.1) is 0 Å². The van der Waals surface area contributed by atoms with E-state index in [1.54, 1.807) is 18.6 Å². The Hall–Kier alpha value is -3.02. The minimum Gasteiger partial charge on any atom is -0.317 e. The van der Waals surface area contributed by atoms with Crippen LogP contribution < -0.4 is 5.32 Å². The van der Waals surface area contributed by atoms with Gasteiger partial charge in [-0.2, -0.15) is 0 Å². The third-order valence-electron chi connectivity index (χ3n) is 3.60. The van der Waals surface area contributed by atoms with Gasteiger partial charge in [0.15, 0.2) is 5.82 Å². The second-order valence-corrected chi connectivity index (χ2v) is 5.47. The van der Waals surface area contributed by atoms with E-state index in [1.165, 1.54) is 0 Å². The lowest BCUT2D eigenvalue weighted by molar-refractivity contribution is 0.102. The fourth-order valence-corrected chi connectivity index (χ4v) is 2.40. The maximum Gasteiger partial charge on any atom is 0.257 e. The summed E-state index contributed by atoms with van der Waals surface area (Å²) in [5.74, 6) is 1.06. The van der Waals surface area contributed by atoms with E-state index >= 15 is 0 Å². The molecule has 3 rings (SSSR count). The van der Waals surface area contributed by atoms with Crippen LogP contribution in [-0.4, -0.2) is 25.7 Å². The molecule has 2 aromatic heterocycles. The summed E-state index contributed by atoms with van der Waals surface area (Å²) in [6, 6.07) is 9.35. The maximum atomic E-state index is 12.3. The van der Waals surface area contributed by atoms with E-state index in [0.717, 1.165) is 22.5 Å². The molecule has 6 heteroatoms. The average molecular weight is 307 g/mol. The molecule has 6 nitrogen and oxygen atoms in total. The predicted molar refractivity (Wildman–Crippen MR) is 88.1 cm³/mol. The van der Waals surface area contributed by atoms with Crippen molar-refractivity contribution in [3.8, 4) is 11.4 Å². The zero-order chi connectivity index (χ0) is 16.4. The second-order valence-electron chi connectivity index (χ2n) is 5.47. The van der Waals surface area contributed by atoms with Crippen molar-refractivity contribution in [1.29, 1.82) is 0 Å². The van der Waals surface area contributed by atoms with E-state index in [4.69, 9.17) is 0 Å². The third kappa shape index (κ3) is 3.11. The molecular formula is C17H17N5O. The summed E-state index contributed by atoms with van der Waals surface area (Å²) in [6.45, 7) is 3.92. The number of anilines is 1. The van der Waals surface area contributed by atoms with Crippen LogP contribution in [0.3, 0.4) is 0 Å². The molecule has 0 atom stereocenters. The summed E-state index contributed by atoms with van der Waals surface area (Å²) in [4.78, 5) is 16.6. The van der Waals surface area contributed by atoms with Crippen LogP contribution in [0.2, 0.25) is 0 Å². The summed E-state index contributed by atoms with van der Waals surface area (Å²) in [5.41, 5.74) is 3.56. The number of hydrogen-bond acceptors (Lipinski definition) is 4. The minimum atomic E-state index is -0.165. The Morgan fingerprint density at radius 1 is 1.17 bits per heavy atom. The van der Waals surface area contributed by atoms with Crippen LogP contribution in [0.25, 0.3) is 11.4 Å². The van der Waals surface area contributed by atoms with Gasteiger partial charge < -0.3 is 9.88 Å². The molecule has 0 spiro atoms. The number of nitrogens with zero attached hydrogens (tertiary/aromatic N) is 4. The van der Waals surface area contributed by atoms with Crippen molar-refractivity contribution in [2.75, 3.05) is 5.32 Å². The van der Waals surface area contributed by atoms with Gasteiger partial charge in [-0.25, -0.2) is 4.98 Å². The van der Waals surface area contributed by atoms with Crippen LogP contribution in [0, 0.1) is 13.8 Å². The third-order valence-corrected chi connectivity index (χ3v) is 3.60. The fourth-order valence-electron chi connectivity index (χ4n) is 2.40. The van der Waals surface area contributed by atoms with Crippen LogP contribution in [0.1, 0.15) is 21.5 Å². The number of nitrogens with one attached hydrogen (secondary N) is 1. The first-order valence-corrected chi connectivity index (χ1v) is 7.23. The molecule has 2 heterocycles. The van der Waals surface area contributed by atoms with Gasteiger partial charge in [-0.3, -0.25) is 4.79 Å². The molecule has 0 aliphatic rings. The zero-order valence-electron chi connectivity index (χ0n) is 13.2. The lowest BCUT2D eigenvalue weighted by Crippen LogP contribution is -2.14. The molecule has 1 aromatic carbocycles. The van der Waals surface area contributed by atoms with Crippen molar-refractivity contribution in [2.45, 2.75) is 13.8 Å². The molecular weight excluding hydrogens is 290 g/mol. The number of rotatable bonds is 3. The van der Waals surface area contributed by atoms with E-state index in [2.05, 4.69) is 20.5 Å². The molecule has 0 fully saturated rings. The summed E-state index contributed by atoms with van der Waals surface area (Å²) >= 11 is 0. The van der Waals surface area contributed by atoms with Gasteiger partial charge >= 0.3 is 0 Å². The molecule has 0 aliphatic carbocycles. The lowest BCUT2D eigenvalue weighted by atomic mass is 10.1. The van der Waals surface area contributed by atoms with Crippen molar-refractivity contribution in [2.24, 2.45) is 7.05 Å². The van der Waals surface area contributed by atoms with Gasteiger partial charge in [-0.05, 0) is 37.6 Å². The molecule has 0 saturated carbocycles. The first-order chi connectivity index (χ1) is 11.0. The van der Waals surface area contributed by atoms with Gasteiger partial charge in [0.25, 0.3) is 5.91 Å². The highest BCUT2D eigenvalue weighted by Crippen LogP contribution is 2.17. The summed E-state index contributed by atoms with van der Waals surface area (Å²) in [6.07, 6.45) is 3.30. The summed E-state index contributed by atoms with van der Waals surface area (Å²) in [7, 11) is 1.87. The van der Waals surface area contributed by atoms with Crippen molar-refractivity contribution in [3.63, 3.8) is 0 Å². The second kappa shape index (κ2) is 6.00. The van der Waals surface area contributed by atoms with Crippen LogP contribution in [0.4, 0.5) is 5.82 Å². The fraction of sp³-hybridized carbons (Fsp3) is 0.176. The number of amides is 1. The Morgan fingerprint density at radius 3 is 2.61 bits per heavy atom. The highest BCUT2D eigenvalue weighted by Gasteiger charge is 2.11. The standard InChI is InChI=1S/C17H17N5O/c1-11-4-6-14(12(2)8-11)17(23)20-15-7-5-13(9-18-15)16-21-19-10-22(16)3/h4-10H,1-3H3,(H,18,20,23). The van der Waals surface area contributed by atoms with Gasteiger partial charge in [0.2, 0.25) is 0 Å². The quantitative estimate of drug-likeness (QED) is 0.807. The van der Waals surface area contributed by atoms with Crippen molar-refractivity contribution in [1.82, 2.24) is 19.7 Å². The molecule has 0 radical (unpaired) electrons. The smallest absolute Gasteiger partial charge is 0.257 e. The Labute approximate surface area is 134 Å². The van der Waals surface area contributed by atoms with Crippen molar-refractivity contribution >= 4 is 11.7 Å². The number of carbonyl (C=O) groups is 1. The molecule has 0 saturated heterocycles. The van der Waals surface area contributed by atoms with Crippen LogP contribution >= 0.6 is 0 Å². The molecule has 0 aliphatic heterocycles. The lowest BCUT2D eigenvalue weighted by Gasteiger charge is -2.08. The Kier molecular flexibility index (Phi) is 3.89. The molecule has 0 unspecified atom stereocenters. The minimum absolute atomic E-state index is 0.165. The number of carbonyl (C=O) groups excluding carboxylic acids is 1. The number of aryl methyl sites for hydroxylation is 3. The van der Waals surface area contributed by atoms with E-state index in [1.807, 2.05) is 49.7 Å². The topological polar surface area (TPSA) is 72.7 Å². The van der Waals surface area contributed by atoms with Crippen LogP contribution in [0.5, 0.6) is 0 Å². The van der Waals surface area contributed by atoms with E-state index in [-0.39, 0.29) is 5.91 Å². The maximum absolute atomic E-state index is 12.3.